The Kier molecular flexibility index (Phi) is 2.79. The molecule has 19 heavy (non-hydrogen) atoms. The summed E-state index contributed by atoms with van der Waals surface area (Å²) in [5, 5.41) is 11.9. The van der Waals surface area contributed by atoms with Gasteiger partial charge in [0.2, 0.25) is 5.91 Å². The van der Waals surface area contributed by atoms with Crippen molar-refractivity contribution in [3.63, 3.8) is 0 Å². The van der Waals surface area contributed by atoms with Crippen LogP contribution >= 0.6 is 0 Å². The molecular formula is C14H14N2O3. The summed E-state index contributed by atoms with van der Waals surface area (Å²) in [7, 11) is 0. The molecule has 0 radical (unpaired) electrons. The number of nitrogens with zero attached hydrogens (tertiary/aromatic N) is 1. The number of carbonyl (C=O) groups is 2. The first-order valence-corrected chi connectivity index (χ1v) is 6.35. The zero-order valence-electron chi connectivity index (χ0n) is 10.4. The van der Waals surface area contributed by atoms with Gasteiger partial charge in [-0.05, 0) is 18.4 Å². The van der Waals surface area contributed by atoms with E-state index in [9.17, 15) is 9.59 Å². The monoisotopic (exact) mass is 258 g/mol. The van der Waals surface area contributed by atoms with E-state index in [0.29, 0.717) is 19.4 Å². The number of amides is 1. The number of nitrogens with one attached hydrogen (secondary N) is 1. The molecule has 1 fully saturated rings. The first-order chi connectivity index (χ1) is 9.15. The Balaban J connectivity index is 2.03. The van der Waals surface area contributed by atoms with Crippen molar-refractivity contribution in [1.82, 2.24) is 10.2 Å². The van der Waals surface area contributed by atoms with Gasteiger partial charge in [0.25, 0.3) is 0 Å². The van der Waals surface area contributed by atoms with Crippen LogP contribution in [-0.4, -0.2) is 35.0 Å². The van der Waals surface area contributed by atoms with Gasteiger partial charge in [-0.3, -0.25) is 9.59 Å². The number of hydrogen-bond acceptors (Lipinski definition) is 3. The van der Waals surface area contributed by atoms with Crippen molar-refractivity contribution in [2.24, 2.45) is 5.92 Å². The van der Waals surface area contributed by atoms with Crippen LogP contribution in [0.15, 0.2) is 23.0 Å². The molecular weight excluding hydrogens is 244 g/mol. The quantitative estimate of drug-likeness (QED) is 0.706. The molecule has 3 rings (SSSR count). The highest BCUT2D eigenvalue weighted by molar-refractivity contribution is 5.80. The van der Waals surface area contributed by atoms with E-state index in [4.69, 9.17) is 5.11 Å². The van der Waals surface area contributed by atoms with E-state index in [1.54, 1.807) is 0 Å². The highest BCUT2D eigenvalue weighted by atomic mass is 16.4. The number of hydrogen-bond donors (Lipinski definition) is 2. The van der Waals surface area contributed by atoms with Crippen molar-refractivity contribution < 1.29 is 14.7 Å². The Morgan fingerprint density at radius 3 is 3.21 bits per heavy atom. The molecule has 1 aliphatic carbocycles. The number of allylic oxidation sites excluding steroid dienone is 3. The molecule has 1 atom stereocenters. The van der Waals surface area contributed by atoms with Gasteiger partial charge in [-0.1, -0.05) is 5.92 Å². The van der Waals surface area contributed by atoms with Crippen molar-refractivity contribution in [3.05, 3.63) is 23.0 Å². The summed E-state index contributed by atoms with van der Waals surface area (Å²) in [6.07, 6.45) is 3.74. The first-order valence-electron chi connectivity index (χ1n) is 6.35. The van der Waals surface area contributed by atoms with Crippen LogP contribution < -0.4 is 5.32 Å². The van der Waals surface area contributed by atoms with Gasteiger partial charge in [0, 0.05) is 36.6 Å². The summed E-state index contributed by atoms with van der Waals surface area (Å²) in [6.45, 7) is 0.600. The minimum absolute atomic E-state index is 0.0270. The number of carboxylic acid groups (broad SMARTS) is 1. The summed E-state index contributed by atoms with van der Waals surface area (Å²) >= 11 is 0. The molecule has 1 saturated heterocycles. The van der Waals surface area contributed by atoms with Crippen LogP contribution in [0, 0.1) is 17.8 Å². The molecule has 98 valence electrons. The summed E-state index contributed by atoms with van der Waals surface area (Å²) in [5.41, 5.74) is 2.61. The van der Waals surface area contributed by atoms with Crippen molar-refractivity contribution in [2.45, 2.75) is 19.3 Å². The van der Waals surface area contributed by atoms with Crippen molar-refractivity contribution in [3.8, 4) is 11.8 Å². The second-order valence-electron chi connectivity index (χ2n) is 4.94. The van der Waals surface area contributed by atoms with Gasteiger partial charge in [0.05, 0.1) is 5.70 Å². The molecule has 2 aliphatic heterocycles. The number of aliphatic carboxylic acids is 1. The number of carboxylic acids is 1. The van der Waals surface area contributed by atoms with E-state index in [0.717, 1.165) is 23.4 Å². The largest absolute Gasteiger partial charge is 0.480 e. The van der Waals surface area contributed by atoms with Crippen molar-refractivity contribution >= 4 is 11.9 Å². The molecule has 2 heterocycles. The molecule has 1 amide bonds. The third-order valence-electron chi connectivity index (χ3n) is 3.65. The van der Waals surface area contributed by atoms with Gasteiger partial charge in [-0.25, -0.2) is 0 Å². The van der Waals surface area contributed by atoms with Crippen LogP contribution in [-0.2, 0) is 9.59 Å². The maximum Gasteiger partial charge on any atom is 0.323 e. The Morgan fingerprint density at radius 1 is 1.58 bits per heavy atom. The van der Waals surface area contributed by atoms with E-state index in [2.05, 4.69) is 17.2 Å². The fourth-order valence-electron chi connectivity index (χ4n) is 2.88. The lowest BCUT2D eigenvalue weighted by Crippen LogP contribution is -2.28. The maximum atomic E-state index is 11.7. The summed E-state index contributed by atoms with van der Waals surface area (Å²) < 4.78 is 0. The molecule has 5 heteroatoms. The molecule has 2 N–H and O–H groups in total. The summed E-state index contributed by atoms with van der Waals surface area (Å²) in [4.78, 5) is 24.4. The van der Waals surface area contributed by atoms with E-state index in [-0.39, 0.29) is 18.4 Å². The molecule has 0 aromatic rings. The van der Waals surface area contributed by atoms with Crippen LogP contribution in [0.1, 0.15) is 19.3 Å². The van der Waals surface area contributed by atoms with Gasteiger partial charge >= 0.3 is 5.97 Å². The van der Waals surface area contributed by atoms with Gasteiger partial charge < -0.3 is 15.3 Å². The first kappa shape index (κ1) is 11.8. The molecule has 0 aromatic carbocycles. The lowest BCUT2D eigenvalue weighted by Gasteiger charge is -2.17. The molecule has 0 saturated carbocycles. The fraction of sp³-hybridized carbons (Fsp3) is 0.429. The second kappa shape index (κ2) is 4.47. The second-order valence-corrected chi connectivity index (χ2v) is 4.94. The average molecular weight is 258 g/mol. The topological polar surface area (TPSA) is 69.6 Å². The predicted octanol–water partition coefficient (Wildman–Crippen LogP) is 0.458. The van der Waals surface area contributed by atoms with Crippen LogP contribution in [0.4, 0.5) is 0 Å². The molecule has 0 aromatic heterocycles. The Hall–Kier alpha value is -2.22. The van der Waals surface area contributed by atoms with E-state index < -0.39 is 5.97 Å². The summed E-state index contributed by atoms with van der Waals surface area (Å²) in [6, 6.07) is 0. The Bertz CT molecular complexity index is 577. The minimum atomic E-state index is -0.856. The minimum Gasteiger partial charge on any atom is -0.480 e. The molecule has 5 nitrogen and oxygen atoms in total. The van der Waals surface area contributed by atoms with Crippen LogP contribution in [0.5, 0.6) is 0 Å². The van der Waals surface area contributed by atoms with Crippen LogP contribution in [0.3, 0.4) is 0 Å². The zero-order chi connectivity index (χ0) is 13.4. The molecule has 0 spiro atoms. The van der Waals surface area contributed by atoms with Crippen LogP contribution in [0.25, 0.3) is 0 Å². The lowest BCUT2D eigenvalue weighted by molar-refractivity contribution is -0.137. The highest BCUT2D eigenvalue weighted by Gasteiger charge is 2.36. The van der Waals surface area contributed by atoms with E-state index in [1.165, 1.54) is 0 Å². The third kappa shape index (κ3) is 2.10. The lowest BCUT2D eigenvalue weighted by atomic mass is 9.95. The standard InChI is InChI=1S/C14H14N2O3/c17-12-6-5-9-7-16(8-13(18)19)11-4-2-1-3-10(15-12)14(9)11/h3,9H,1,5-8H2,(H,15,17)(H,18,19). The third-order valence-corrected chi connectivity index (χ3v) is 3.65. The SMILES string of the molecule is O=C(O)CN1CC2CCC(=O)NC3=CCC#CC1=C32. The Labute approximate surface area is 111 Å². The van der Waals surface area contributed by atoms with Gasteiger partial charge in [-0.15, -0.1) is 0 Å². The maximum absolute atomic E-state index is 11.7. The van der Waals surface area contributed by atoms with Crippen molar-refractivity contribution in [2.75, 3.05) is 13.1 Å². The molecule has 0 bridgehead atoms. The molecule has 3 aliphatic rings. The van der Waals surface area contributed by atoms with Crippen LogP contribution in [0.2, 0.25) is 0 Å². The van der Waals surface area contributed by atoms with Gasteiger partial charge in [0.1, 0.15) is 6.54 Å². The fourth-order valence-corrected chi connectivity index (χ4v) is 2.88. The zero-order valence-corrected chi connectivity index (χ0v) is 10.4. The van der Waals surface area contributed by atoms with Gasteiger partial charge in [-0.2, -0.15) is 0 Å². The Morgan fingerprint density at radius 2 is 2.42 bits per heavy atom. The molecule has 1 unspecified atom stereocenters. The summed E-state index contributed by atoms with van der Waals surface area (Å²) in [5.74, 6) is 5.43. The number of rotatable bonds is 2. The van der Waals surface area contributed by atoms with E-state index >= 15 is 0 Å². The number of carbonyl (C=O) groups excluding carboxylic acids is 1. The predicted molar refractivity (Wildman–Crippen MR) is 67.6 cm³/mol. The van der Waals surface area contributed by atoms with E-state index in [1.807, 2.05) is 11.0 Å². The normalized spacial score (nSPS) is 24.6. The van der Waals surface area contributed by atoms with Gasteiger partial charge in [0.15, 0.2) is 0 Å². The average Bonchev–Trinajstić information content (AvgIpc) is 2.48. The highest BCUT2D eigenvalue weighted by Crippen LogP contribution is 2.37. The smallest absolute Gasteiger partial charge is 0.323 e. The van der Waals surface area contributed by atoms with Crippen molar-refractivity contribution in [1.29, 1.82) is 0 Å².